The lowest BCUT2D eigenvalue weighted by Crippen LogP contribution is -2.24. The standard InChI is InChI=1S/C9H14N4O3S/c1-3-6-11-12-9(17-5-8(15)16)13(6)4-7(14)10-2/h3-5H2,1-2H3,(H,10,14)(H,15,16). The molecule has 1 aromatic rings. The van der Waals surface area contributed by atoms with E-state index in [1.54, 1.807) is 11.6 Å². The second-order valence-electron chi connectivity index (χ2n) is 3.19. The number of hydrogen-bond donors (Lipinski definition) is 2. The van der Waals surface area contributed by atoms with Crippen molar-refractivity contribution >= 4 is 23.6 Å². The van der Waals surface area contributed by atoms with Gasteiger partial charge in [0.1, 0.15) is 12.4 Å². The van der Waals surface area contributed by atoms with Crippen molar-refractivity contribution in [3.8, 4) is 0 Å². The number of thioether (sulfide) groups is 1. The van der Waals surface area contributed by atoms with Crippen LogP contribution >= 0.6 is 11.8 Å². The second kappa shape index (κ2) is 6.24. The van der Waals surface area contributed by atoms with E-state index in [4.69, 9.17) is 5.11 Å². The Morgan fingerprint density at radius 3 is 2.71 bits per heavy atom. The van der Waals surface area contributed by atoms with Gasteiger partial charge < -0.3 is 10.4 Å². The number of aromatic nitrogens is 3. The molecule has 7 nitrogen and oxygen atoms in total. The third-order valence-electron chi connectivity index (χ3n) is 2.01. The van der Waals surface area contributed by atoms with Crippen LogP contribution in [0.3, 0.4) is 0 Å². The molecule has 1 heterocycles. The summed E-state index contributed by atoms with van der Waals surface area (Å²) < 4.78 is 1.63. The van der Waals surface area contributed by atoms with Crippen LogP contribution in [-0.4, -0.2) is 44.5 Å². The number of nitrogens with one attached hydrogen (secondary N) is 1. The van der Waals surface area contributed by atoms with Gasteiger partial charge in [-0.3, -0.25) is 14.2 Å². The van der Waals surface area contributed by atoms with E-state index in [0.29, 0.717) is 17.4 Å². The molecular formula is C9H14N4O3S. The molecule has 17 heavy (non-hydrogen) atoms. The number of rotatable bonds is 6. The van der Waals surface area contributed by atoms with E-state index in [1.165, 1.54) is 0 Å². The van der Waals surface area contributed by atoms with Crippen molar-refractivity contribution in [3.05, 3.63) is 5.82 Å². The highest BCUT2D eigenvalue weighted by Crippen LogP contribution is 2.16. The maximum Gasteiger partial charge on any atom is 0.313 e. The smallest absolute Gasteiger partial charge is 0.313 e. The number of aryl methyl sites for hydroxylation is 1. The van der Waals surface area contributed by atoms with Crippen LogP contribution < -0.4 is 5.32 Å². The molecule has 0 aromatic carbocycles. The first-order valence-electron chi connectivity index (χ1n) is 5.05. The van der Waals surface area contributed by atoms with Gasteiger partial charge in [0.2, 0.25) is 5.91 Å². The zero-order valence-corrected chi connectivity index (χ0v) is 10.5. The molecule has 2 N–H and O–H groups in total. The van der Waals surface area contributed by atoms with Crippen molar-refractivity contribution in [1.29, 1.82) is 0 Å². The third kappa shape index (κ3) is 3.74. The Bertz CT molecular complexity index is 418. The molecule has 0 unspecified atom stereocenters. The van der Waals surface area contributed by atoms with Gasteiger partial charge in [-0.15, -0.1) is 10.2 Å². The number of hydrogen-bond acceptors (Lipinski definition) is 5. The normalized spacial score (nSPS) is 10.2. The number of carboxylic acid groups (broad SMARTS) is 1. The zero-order valence-electron chi connectivity index (χ0n) is 9.63. The number of carbonyl (C=O) groups is 2. The van der Waals surface area contributed by atoms with Gasteiger partial charge in [-0.05, 0) is 0 Å². The summed E-state index contributed by atoms with van der Waals surface area (Å²) in [7, 11) is 1.54. The van der Waals surface area contributed by atoms with Gasteiger partial charge in [-0.1, -0.05) is 18.7 Å². The first-order valence-corrected chi connectivity index (χ1v) is 6.04. The first kappa shape index (κ1) is 13.5. The summed E-state index contributed by atoms with van der Waals surface area (Å²) in [6.45, 7) is 2.00. The summed E-state index contributed by atoms with van der Waals surface area (Å²) in [5.41, 5.74) is 0. The Morgan fingerprint density at radius 1 is 1.47 bits per heavy atom. The van der Waals surface area contributed by atoms with Crippen LogP contribution in [0.15, 0.2) is 5.16 Å². The fourth-order valence-corrected chi connectivity index (χ4v) is 1.87. The Kier molecular flexibility index (Phi) is 4.95. The number of aliphatic carboxylic acids is 1. The lowest BCUT2D eigenvalue weighted by Gasteiger charge is -2.07. The van der Waals surface area contributed by atoms with Crippen LogP contribution in [-0.2, 0) is 22.6 Å². The molecular weight excluding hydrogens is 244 g/mol. The summed E-state index contributed by atoms with van der Waals surface area (Å²) in [6, 6.07) is 0. The van der Waals surface area contributed by atoms with Crippen molar-refractivity contribution in [1.82, 2.24) is 20.1 Å². The predicted molar refractivity (Wildman–Crippen MR) is 61.8 cm³/mol. The monoisotopic (exact) mass is 258 g/mol. The minimum Gasteiger partial charge on any atom is -0.481 e. The molecule has 0 fully saturated rings. The largest absolute Gasteiger partial charge is 0.481 e. The molecule has 1 amide bonds. The molecule has 0 atom stereocenters. The van der Waals surface area contributed by atoms with Gasteiger partial charge in [-0.2, -0.15) is 0 Å². The molecule has 0 radical (unpaired) electrons. The number of carboxylic acids is 1. The molecule has 1 rings (SSSR count). The topological polar surface area (TPSA) is 97.1 Å². The third-order valence-corrected chi connectivity index (χ3v) is 2.97. The zero-order chi connectivity index (χ0) is 12.8. The van der Waals surface area contributed by atoms with Crippen molar-refractivity contribution in [2.45, 2.75) is 25.0 Å². The van der Waals surface area contributed by atoms with E-state index in [-0.39, 0.29) is 18.2 Å². The molecule has 8 heteroatoms. The average Bonchev–Trinajstić information content (AvgIpc) is 2.68. The maximum atomic E-state index is 11.3. The minimum absolute atomic E-state index is 0.102. The van der Waals surface area contributed by atoms with E-state index < -0.39 is 5.97 Å². The van der Waals surface area contributed by atoms with Gasteiger partial charge in [0.05, 0.1) is 5.75 Å². The molecule has 0 saturated carbocycles. The summed E-state index contributed by atoms with van der Waals surface area (Å²) in [5.74, 6) is -0.531. The lowest BCUT2D eigenvalue weighted by molar-refractivity contribution is -0.133. The van der Waals surface area contributed by atoms with Crippen LogP contribution in [0, 0.1) is 0 Å². The summed E-state index contributed by atoms with van der Waals surface area (Å²) in [5, 5.41) is 19.4. The highest BCUT2D eigenvalue weighted by molar-refractivity contribution is 7.99. The summed E-state index contributed by atoms with van der Waals surface area (Å²) >= 11 is 1.05. The van der Waals surface area contributed by atoms with Crippen LogP contribution in [0.25, 0.3) is 0 Å². The van der Waals surface area contributed by atoms with Crippen molar-refractivity contribution in [2.24, 2.45) is 0 Å². The highest BCUT2D eigenvalue weighted by atomic mass is 32.2. The van der Waals surface area contributed by atoms with Crippen LogP contribution in [0.4, 0.5) is 0 Å². The molecule has 0 aliphatic heterocycles. The SMILES string of the molecule is CCc1nnc(SCC(=O)O)n1CC(=O)NC. The van der Waals surface area contributed by atoms with Crippen molar-refractivity contribution < 1.29 is 14.7 Å². The molecule has 0 aliphatic rings. The Balaban J connectivity index is 2.85. The first-order chi connectivity index (χ1) is 8.08. The highest BCUT2D eigenvalue weighted by Gasteiger charge is 2.14. The van der Waals surface area contributed by atoms with Gasteiger partial charge in [-0.25, -0.2) is 0 Å². The average molecular weight is 258 g/mol. The molecule has 94 valence electrons. The van der Waals surface area contributed by atoms with Crippen molar-refractivity contribution in [2.75, 3.05) is 12.8 Å². The summed E-state index contributed by atoms with van der Waals surface area (Å²) in [4.78, 5) is 21.8. The number of carbonyl (C=O) groups excluding carboxylic acids is 1. The molecule has 0 aliphatic carbocycles. The molecule has 0 bridgehead atoms. The maximum absolute atomic E-state index is 11.3. The van der Waals surface area contributed by atoms with E-state index in [1.807, 2.05) is 6.92 Å². The van der Waals surface area contributed by atoms with E-state index in [2.05, 4.69) is 15.5 Å². The van der Waals surface area contributed by atoms with Crippen LogP contribution in [0.1, 0.15) is 12.7 Å². The predicted octanol–water partition coefficient (Wildman–Crippen LogP) is -0.237. The van der Waals surface area contributed by atoms with Gasteiger partial charge >= 0.3 is 5.97 Å². The van der Waals surface area contributed by atoms with Crippen molar-refractivity contribution in [3.63, 3.8) is 0 Å². The Morgan fingerprint density at radius 2 is 2.18 bits per heavy atom. The molecule has 1 aromatic heterocycles. The number of amides is 1. The van der Waals surface area contributed by atoms with E-state index in [9.17, 15) is 9.59 Å². The quantitative estimate of drug-likeness (QED) is 0.684. The molecule has 0 spiro atoms. The van der Waals surface area contributed by atoms with E-state index >= 15 is 0 Å². The molecule has 0 saturated heterocycles. The van der Waals surface area contributed by atoms with Gasteiger partial charge in [0.15, 0.2) is 5.16 Å². The van der Waals surface area contributed by atoms with Gasteiger partial charge in [0, 0.05) is 13.5 Å². The Hall–Kier alpha value is -1.57. The number of likely N-dealkylation sites (N-methyl/N-ethyl adjacent to an activating group) is 1. The Labute approximate surface area is 103 Å². The fourth-order valence-electron chi connectivity index (χ4n) is 1.20. The fraction of sp³-hybridized carbons (Fsp3) is 0.556. The van der Waals surface area contributed by atoms with Crippen LogP contribution in [0.2, 0.25) is 0 Å². The van der Waals surface area contributed by atoms with E-state index in [0.717, 1.165) is 11.8 Å². The van der Waals surface area contributed by atoms with Crippen LogP contribution in [0.5, 0.6) is 0 Å². The summed E-state index contributed by atoms with van der Waals surface area (Å²) in [6.07, 6.45) is 0.637. The minimum atomic E-state index is -0.928. The lowest BCUT2D eigenvalue weighted by atomic mass is 10.4. The number of nitrogens with zero attached hydrogens (tertiary/aromatic N) is 3. The van der Waals surface area contributed by atoms with Gasteiger partial charge in [0.25, 0.3) is 0 Å². The second-order valence-corrected chi connectivity index (χ2v) is 4.14.